The Morgan fingerprint density at radius 2 is 2.00 bits per heavy atom. The van der Waals surface area contributed by atoms with E-state index in [-0.39, 0.29) is 17.7 Å². The van der Waals surface area contributed by atoms with Crippen molar-refractivity contribution < 1.29 is 9.59 Å². The molecule has 4 atom stereocenters. The minimum Gasteiger partial charge on any atom is -0.332 e. The van der Waals surface area contributed by atoms with Crippen LogP contribution in [0.25, 0.3) is 0 Å². The molecule has 0 radical (unpaired) electrons. The third kappa shape index (κ3) is 1.25. The van der Waals surface area contributed by atoms with Crippen molar-refractivity contribution in [3.63, 3.8) is 0 Å². The molecule has 1 aliphatic carbocycles. The summed E-state index contributed by atoms with van der Waals surface area (Å²) in [6, 6.07) is -0.141. The Balaban J connectivity index is 2.22. The average Bonchev–Trinajstić information content (AvgIpc) is 2.61. The molecule has 0 aromatic carbocycles. The van der Waals surface area contributed by atoms with Crippen molar-refractivity contribution in [1.82, 2.24) is 4.90 Å². The number of likely N-dealkylation sites (tertiary alicyclic amines) is 1. The number of nitrogens with zero attached hydrogens (tertiary/aromatic N) is 1. The molecular formula is C12H19NO2. The molecule has 1 saturated carbocycles. The second-order valence-corrected chi connectivity index (χ2v) is 5.22. The van der Waals surface area contributed by atoms with Gasteiger partial charge in [0.25, 0.3) is 0 Å². The van der Waals surface area contributed by atoms with E-state index < -0.39 is 0 Å². The van der Waals surface area contributed by atoms with Crippen LogP contribution in [0.2, 0.25) is 0 Å². The van der Waals surface area contributed by atoms with Crippen molar-refractivity contribution in [3.8, 4) is 0 Å². The van der Waals surface area contributed by atoms with Gasteiger partial charge in [0.15, 0.2) is 5.78 Å². The molecule has 1 amide bonds. The quantitative estimate of drug-likeness (QED) is 0.690. The smallest absolute Gasteiger partial charge is 0.220 e. The second kappa shape index (κ2) is 3.06. The summed E-state index contributed by atoms with van der Waals surface area (Å²) in [5.41, 5.74) is 0.308. The first kappa shape index (κ1) is 10.7. The van der Waals surface area contributed by atoms with Gasteiger partial charge in [-0.05, 0) is 24.2 Å². The van der Waals surface area contributed by atoms with E-state index in [1.807, 2.05) is 0 Å². The predicted octanol–water partition coefficient (Wildman–Crippen LogP) is 1.47. The lowest BCUT2D eigenvalue weighted by Crippen LogP contribution is -2.43. The highest BCUT2D eigenvalue weighted by Crippen LogP contribution is 2.66. The van der Waals surface area contributed by atoms with Crippen molar-refractivity contribution in [3.05, 3.63) is 0 Å². The third-order valence-corrected chi connectivity index (χ3v) is 4.59. The first-order chi connectivity index (χ1) is 6.93. The molecule has 0 aromatic heterocycles. The minimum atomic E-state index is -0.141. The summed E-state index contributed by atoms with van der Waals surface area (Å²) in [6.07, 6.45) is 1.11. The van der Waals surface area contributed by atoms with E-state index >= 15 is 0 Å². The molecule has 3 nitrogen and oxygen atoms in total. The Hall–Kier alpha value is -0.860. The number of hydrogen-bond donors (Lipinski definition) is 0. The van der Waals surface area contributed by atoms with Crippen LogP contribution in [0.3, 0.4) is 0 Å². The molecule has 84 valence electrons. The number of hydrogen-bond acceptors (Lipinski definition) is 2. The minimum absolute atomic E-state index is 0.0425. The number of Topliss-reactive ketones (excluding diaryl/α,β-unsaturated/α-hetero) is 1. The lowest BCUT2D eigenvalue weighted by Gasteiger charge is -2.29. The molecule has 1 saturated heterocycles. The van der Waals surface area contributed by atoms with Gasteiger partial charge in [0.1, 0.15) is 0 Å². The van der Waals surface area contributed by atoms with Crippen LogP contribution in [0, 0.1) is 17.3 Å². The number of piperidine rings is 1. The van der Waals surface area contributed by atoms with Crippen molar-refractivity contribution in [1.29, 1.82) is 0 Å². The maximum atomic E-state index is 11.6. The molecule has 15 heavy (non-hydrogen) atoms. The monoisotopic (exact) mass is 209 g/mol. The van der Waals surface area contributed by atoms with Gasteiger partial charge < -0.3 is 4.90 Å². The van der Waals surface area contributed by atoms with E-state index in [9.17, 15) is 9.59 Å². The van der Waals surface area contributed by atoms with E-state index in [4.69, 9.17) is 0 Å². The summed E-state index contributed by atoms with van der Waals surface area (Å²) < 4.78 is 0. The van der Waals surface area contributed by atoms with E-state index in [0.29, 0.717) is 17.3 Å². The number of ketones is 1. The zero-order chi connectivity index (χ0) is 11.4. The highest BCUT2D eigenvalue weighted by Gasteiger charge is 2.69. The topological polar surface area (TPSA) is 37.4 Å². The number of carbonyl (C=O) groups is 2. The van der Waals surface area contributed by atoms with Gasteiger partial charge in [-0.25, -0.2) is 0 Å². The predicted molar refractivity (Wildman–Crippen MR) is 57.2 cm³/mol. The van der Waals surface area contributed by atoms with Crippen LogP contribution in [0.5, 0.6) is 0 Å². The SMILES string of the molecule is CCC1(C)[C@@H]2[C@@H](C(C)=O)N(C(C)=O)C[C@@H]21. The number of amides is 1. The van der Waals surface area contributed by atoms with Gasteiger partial charge >= 0.3 is 0 Å². The Morgan fingerprint density at radius 3 is 2.40 bits per heavy atom. The molecule has 2 fully saturated rings. The maximum absolute atomic E-state index is 11.6. The molecule has 0 aromatic rings. The van der Waals surface area contributed by atoms with Crippen LogP contribution in [-0.4, -0.2) is 29.2 Å². The molecule has 0 bridgehead atoms. The van der Waals surface area contributed by atoms with Gasteiger partial charge in [0.05, 0.1) is 6.04 Å². The molecule has 2 rings (SSSR count). The third-order valence-electron chi connectivity index (χ3n) is 4.59. The first-order valence-electron chi connectivity index (χ1n) is 5.71. The highest BCUT2D eigenvalue weighted by atomic mass is 16.2. The lowest BCUT2D eigenvalue weighted by atomic mass is 9.94. The summed E-state index contributed by atoms with van der Waals surface area (Å²) in [7, 11) is 0. The fourth-order valence-corrected chi connectivity index (χ4v) is 3.42. The number of fused-ring (bicyclic) bond motifs is 1. The van der Waals surface area contributed by atoms with Crippen LogP contribution in [0.1, 0.15) is 34.1 Å². The summed E-state index contributed by atoms with van der Waals surface area (Å²) in [5, 5.41) is 0. The van der Waals surface area contributed by atoms with Gasteiger partial charge in [-0.3, -0.25) is 9.59 Å². The standard InChI is InChI=1S/C12H19NO2/c1-5-12(4)9-6-13(8(3)15)11(7(2)14)10(9)12/h9-11H,5-6H2,1-4H3/t9-,10-,11+,12?/m0/s1. The van der Waals surface area contributed by atoms with Crippen LogP contribution in [0.4, 0.5) is 0 Å². The van der Waals surface area contributed by atoms with Crippen LogP contribution in [-0.2, 0) is 9.59 Å². The molecule has 1 heterocycles. The molecular weight excluding hydrogens is 190 g/mol. The van der Waals surface area contributed by atoms with Crippen LogP contribution < -0.4 is 0 Å². The van der Waals surface area contributed by atoms with Crippen LogP contribution in [0.15, 0.2) is 0 Å². The fraction of sp³-hybridized carbons (Fsp3) is 0.833. The molecule has 2 aliphatic rings. The van der Waals surface area contributed by atoms with E-state index in [0.717, 1.165) is 13.0 Å². The van der Waals surface area contributed by atoms with E-state index in [1.54, 1.807) is 18.7 Å². The van der Waals surface area contributed by atoms with Crippen molar-refractivity contribution >= 4 is 11.7 Å². The maximum Gasteiger partial charge on any atom is 0.220 e. The van der Waals surface area contributed by atoms with Gasteiger partial charge in [-0.2, -0.15) is 0 Å². The molecule has 1 unspecified atom stereocenters. The summed E-state index contributed by atoms with van der Waals surface area (Å²) in [5.74, 6) is 1.17. The Kier molecular flexibility index (Phi) is 2.18. The largest absolute Gasteiger partial charge is 0.332 e. The zero-order valence-electron chi connectivity index (χ0n) is 9.91. The van der Waals surface area contributed by atoms with E-state index in [1.165, 1.54) is 0 Å². The number of rotatable bonds is 2. The van der Waals surface area contributed by atoms with Gasteiger partial charge in [0, 0.05) is 13.5 Å². The van der Waals surface area contributed by atoms with Gasteiger partial charge in [-0.15, -0.1) is 0 Å². The Labute approximate surface area is 90.8 Å². The van der Waals surface area contributed by atoms with E-state index in [2.05, 4.69) is 13.8 Å². The van der Waals surface area contributed by atoms with Gasteiger partial charge in [-0.1, -0.05) is 20.3 Å². The van der Waals surface area contributed by atoms with Gasteiger partial charge in [0.2, 0.25) is 5.91 Å². The summed E-state index contributed by atoms with van der Waals surface area (Å²) >= 11 is 0. The zero-order valence-corrected chi connectivity index (χ0v) is 9.91. The highest BCUT2D eigenvalue weighted by molar-refractivity contribution is 5.88. The normalized spacial score (nSPS) is 42.7. The van der Waals surface area contributed by atoms with Crippen LogP contribution >= 0.6 is 0 Å². The molecule has 1 aliphatic heterocycles. The first-order valence-corrected chi connectivity index (χ1v) is 5.71. The fourth-order valence-electron chi connectivity index (χ4n) is 3.42. The second-order valence-electron chi connectivity index (χ2n) is 5.22. The summed E-state index contributed by atoms with van der Waals surface area (Å²) in [6.45, 7) is 8.37. The Morgan fingerprint density at radius 1 is 1.40 bits per heavy atom. The summed E-state index contributed by atoms with van der Waals surface area (Å²) in [4.78, 5) is 24.8. The molecule has 3 heteroatoms. The Bertz CT molecular complexity index is 326. The van der Waals surface area contributed by atoms with Crippen molar-refractivity contribution in [2.45, 2.75) is 40.2 Å². The van der Waals surface area contributed by atoms with Crippen molar-refractivity contribution in [2.24, 2.45) is 17.3 Å². The molecule has 0 N–H and O–H groups in total. The average molecular weight is 209 g/mol. The lowest BCUT2D eigenvalue weighted by molar-refractivity contribution is -0.137. The molecule has 0 spiro atoms. The number of carbonyl (C=O) groups excluding carboxylic acids is 2. The van der Waals surface area contributed by atoms with Crippen molar-refractivity contribution in [2.75, 3.05) is 6.54 Å².